The van der Waals surface area contributed by atoms with Crippen molar-refractivity contribution in [1.29, 1.82) is 0 Å². The van der Waals surface area contributed by atoms with E-state index in [-0.39, 0.29) is 23.1 Å². The summed E-state index contributed by atoms with van der Waals surface area (Å²) >= 11 is 0. The van der Waals surface area contributed by atoms with Crippen LogP contribution >= 0.6 is 0 Å². The highest BCUT2D eigenvalue weighted by molar-refractivity contribution is 5.94. The first-order chi connectivity index (χ1) is 12.6. The quantitative estimate of drug-likeness (QED) is 0.774. The van der Waals surface area contributed by atoms with E-state index in [1.54, 1.807) is 13.8 Å². The Kier molecular flexibility index (Phi) is 6.14. The van der Waals surface area contributed by atoms with Crippen LogP contribution in [0.15, 0.2) is 40.8 Å². The molecule has 1 N–H and O–H groups in total. The fourth-order valence-corrected chi connectivity index (χ4v) is 2.42. The molecule has 0 saturated carbocycles. The lowest BCUT2D eigenvalue weighted by atomic mass is 10.1. The van der Waals surface area contributed by atoms with Gasteiger partial charge in [-0.1, -0.05) is 19.1 Å². The summed E-state index contributed by atoms with van der Waals surface area (Å²) in [6, 6.07) is 7.62. The van der Waals surface area contributed by atoms with E-state index in [0.717, 1.165) is 11.0 Å². The lowest BCUT2D eigenvalue weighted by Crippen LogP contribution is -2.41. The second kappa shape index (κ2) is 8.15. The van der Waals surface area contributed by atoms with Crippen molar-refractivity contribution in [3.05, 3.63) is 42.2 Å². The Morgan fingerprint density at radius 3 is 2.48 bits per heavy atom. The summed E-state index contributed by atoms with van der Waals surface area (Å²) in [6.07, 6.45) is -4.36. The Hall–Kier alpha value is -2.97. The maximum atomic E-state index is 12.6. The number of furan rings is 1. The molecule has 2 aromatic rings. The molecule has 2 rings (SSSR count). The van der Waals surface area contributed by atoms with Crippen LogP contribution in [0.1, 0.15) is 30.8 Å². The molecule has 0 aliphatic rings. The molecular weight excluding hydrogens is 367 g/mol. The fourth-order valence-electron chi connectivity index (χ4n) is 2.42. The minimum Gasteiger partial charge on any atom is -0.480 e. The highest BCUT2D eigenvalue weighted by Gasteiger charge is 2.33. The van der Waals surface area contributed by atoms with Crippen molar-refractivity contribution in [2.45, 2.75) is 32.7 Å². The van der Waals surface area contributed by atoms with Gasteiger partial charge in [0.25, 0.3) is 5.91 Å². The van der Waals surface area contributed by atoms with Crippen LogP contribution in [0.3, 0.4) is 0 Å². The van der Waals surface area contributed by atoms with E-state index in [4.69, 9.17) is 9.52 Å². The molecule has 1 heterocycles. The molecule has 0 aliphatic heterocycles. The minimum atomic E-state index is -4.88. The van der Waals surface area contributed by atoms with E-state index < -0.39 is 30.5 Å². The van der Waals surface area contributed by atoms with E-state index in [9.17, 15) is 22.8 Å². The number of hydrogen-bond donors (Lipinski definition) is 1. The molecule has 1 amide bonds. The summed E-state index contributed by atoms with van der Waals surface area (Å²) in [5.41, 5.74) is 0.0159. The molecule has 146 valence electrons. The van der Waals surface area contributed by atoms with Gasteiger partial charge in [-0.3, -0.25) is 9.59 Å². The van der Waals surface area contributed by atoms with Crippen LogP contribution in [0.5, 0.6) is 5.75 Å². The number of para-hydroxylation sites is 1. The van der Waals surface area contributed by atoms with Crippen LogP contribution in [-0.4, -0.2) is 40.8 Å². The van der Waals surface area contributed by atoms with Gasteiger partial charge in [-0.05, 0) is 37.6 Å². The van der Waals surface area contributed by atoms with Crippen LogP contribution in [0.2, 0.25) is 0 Å². The maximum Gasteiger partial charge on any atom is 0.573 e. The number of benzene rings is 1. The van der Waals surface area contributed by atoms with Gasteiger partial charge < -0.3 is 19.2 Å². The van der Waals surface area contributed by atoms with Crippen molar-refractivity contribution in [2.75, 3.05) is 6.54 Å². The highest BCUT2D eigenvalue weighted by Crippen LogP contribution is 2.34. The van der Waals surface area contributed by atoms with E-state index in [2.05, 4.69) is 4.74 Å². The lowest BCUT2D eigenvalue weighted by Gasteiger charge is -2.25. The van der Waals surface area contributed by atoms with Crippen molar-refractivity contribution >= 4 is 11.9 Å². The Morgan fingerprint density at radius 1 is 1.22 bits per heavy atom. The summed E-state index contributed by atoms with van der Waals surface area (Å²) < 4.78 is 47.1. The van der Waals surface area contributed by atoms with Crippen LogP contribution in [0, 0.1) is 0 Å². The van der Waals surface area contributed by atoms with Crippen molar-refractivity contribution in [3.8, 4) is 17.1 Å². The standard InChI is InChI=1S/C18H18F3NO5/c1-3-11(2)22(10-16(23)24)17(25)15-9-8-13(26-15)12-6-4-5-7-14(12)27-18(19,20)21/h4-9,11H,3,10H2,1-2H3,(H,23,24). The predicted octanol–water partition coefficient (Wildman–Crippen LogP) is 4.17. The number of rotatable bonds is 7. The first kappa shape index (κ1) is 20.3. The van der Waals surface area contributed by atoms with Gasteiger partial charge in [0.1, 0.15) is 18.1 Å². The monoisotopic (exact) mass is 385 g/mol. The maximum absolute atomic E-state index is 12.6. The highest BCUT2D eigenvalue weighted by atomic mass is 19.4. The number of carbonyl (C=O) groups is 2. The molecule has 0 radical (unpaired) electrons. The second-order valence-electron chi connectivity index (χ2n) is 5.79. The van der Waals surface area contributed by atoms with E-state index in [1.807, 2.05) is 0 Å². The second-order valence-corrected chi connectivity index (χ2v) is 5.79. The molecule has 0 saturated heterocycles. The first-order valence-corrected chi connectivity index (χ1v) is 8.10. The van der Waals surface area contributed by atoms with Gasteiger partial charge in [-0.2, -0.15) is 0 Å². The zero-order chi connectivity index (χ0) is 20.2. The van der Waals surface area contributed by atoms with Crippen molar-refractivity contribution in [2.24, 2.45) is 0 Å². The molecule has 6 nitrogen and oxygen atoms in total. The minimum absolute atomic E-state index is 0.00220. The molecule has 1 aromatic carbocycles. The van der Waals surface area contributed by atoms with Gasteiger partial charge in [0.2, 0.25) is 0 Å². The normalized spacial score (nSPS) is 12.5. The predicted molar refractivity (Wildman–Crippen MR) is 89.3 cm³/mol. The van der Waals surface area contributed by atoms with E-state index >= 15 is 0 Å². The fraction of sp³-hybridized carbons (Fsp3) is 0.333. The third-order valence-corrected chi connectivity index (χ3v) is 3.88. The zero-order valence-corrected chi connectivity index (χ0v) is 14.6. The number of carbonyl (C=O) groups excluding carboxylic acids is 1. The molecule has 0 fully saturated rings. The van der Waals surface area contributed by atoms with Crippen LogP contribution in [0.4, 0.5) is 13.2 Å². The van der Waals surface area contributed by atoms with E-state index in [0.29, 0.717) is 6.42 Å². The Balaban J connectivity index is 2.33. The summed E-state index contributed by atoms with van der Waals surface area (Å²) in [6.45, 7) is 2.97. The number of carboxylic acid groups (broad SMARTS) is 1. The molecular formula is C18H18F3NO5. The van der Waals surface area contributed by atoms with Crippen molar-refractivity contribution in [3.63, 3.8) is 0 Å². The first-order valence-electron chi connectivity index (χ1n) is 8.10. The molecule has 0 bridgehead atoms. The Morgan fingerprint density at radius 2 is 1.89 bits per heavy atom. The smallest absolute Gasteiger partial charge is 0.480 e. The zero-order valence-electron chi connectivity index (χ0n) is 14.6. The summed E-state index contributed by atoms with van der Waals surface area (Å²) in [7, 11) is 0. The van der Waals surface area contributed by atoms with Crippen LogP contribution < -0.4 is 4.74 Å². The number of carboxylic acids is 1. The number of halogens is 3. The van der Waals surface area contributed by atoms with E-state index in [1.165, 1.54) is 30.3 Å². The topological polar surface area (TPSA) is 80.0 Å². The molecule has 1 atom stereocenters. The van der Waals surface area contributed by atoms with Gasteiger partial charge in [0, 0.05) is 6.04 Å². The molecule has 9 heteroatoms. The number of aliphatic carboxylic acids is 1. The van der Waals surface area contributed by atoms with Gasteiger partial charge in [-0.15, -0.1) is 13.2 Å². The number of hydrogen-bond acceptors (Lipinski definition) is 4. The largest absolute Gasteiger partial charge is 0.573 e. The summed E-state index contributed by atoms with van der Waals surface area (Å²) in [4.78, 5) is 24.7. The number of alkyl halides is 3. The SMILES string of the molecule is CCC(C)N(CC(=O)O)C(=O)c1ccc(-c2ccccc2OC(F)(F)F)o1. The van der Waals surface area contributed by atoms with Crippen molar-refractivity contribution in [1.82, 2.24) is 4.90 Å². The Labute approximate surface area is 153 Å². The third kappa shape index (κ3) is 5.25. The molecule has 1 aromatic heterocycles. The van der Waals surface area contributed by atoms with Gasteiger partial charge in [-0.25, -0.2) is 0 Å². The summed E-state index contributed by atoms with van der Waals surface area (Å²) in [5, 5.41) is 9.00. The van der Waals surface area contributed by atoms with Gasteiger partial charge >= 0.3 is 12.3 Å². The van der Waals surface area contributed by atoms with Gasteiger partial charge in [0.15, 0.2) is 5.76 Å². The molecule has 27 heavy (non-hydrogen) atoms. The molecule has 1 unspecified atom stereocenters. The average Bonchev–Trinajstić information content (AvgIpc) is 3.07. The van der Waals surface area contributed by atoms with Gasteiger partial charge in [0.05, 0.1) is 5.56 Å². The number of nitrogens with zero attached hydrogens (tertiary/aromatic N) is 1. The lowest BCUT2D eigenvalue weighted by molar-refractivity contribution is -0.274. The van der Waals surface area contributed by atoms with Crippen LogP contribution in [-0.2, 0) is 4.79 Å². The Bertz CT molecular complexity index is 815. The third-order valence-electron chi connectivity index (χ3n) is 3.88. The van der Waals surface area contributed by atoms with Crippen molar-refractivity contribution < 1.29 is 37.0 Å². The van der Waals surface area contributed by atoms with Crippen LogP contribution in [0.25, 0.3) is 11.3 Å². The molecule has 0 aliphatic carbocycles. The number of ether oxygens (including phenoxy) is 1. The summed E-state index contributed by atoms with van der Waals surface area (Å²) in [5.74, 6) is -2.49. The number of amides is 1. The molecule has 0 spiro atoms. The average molecular weight is 385 g/mol.